The highest BCUT2D eigenvalue weighted by Gasteiger charge is 2.61. The van der Waals surface area contributed by atoms with Crippen LogP contribution in [0.3, 0.4) is 0 Å². The number of esters is 4. The lowest BCUT2D eigenvalue weighted by Crippen LogP contribution is -2.52. The number of carbonyl (C=O) groups is 4. The van der Waals surface area contributed by atoms with Crippen molar-refractivity contribution in [3.63, 3.8) is 0 Å². The number of rotatable bonds is 12. The molecular formula is C30H44O8Si3. The molecule has 0 amide bonds. The minimum Gasteiger partial charge on any atom is -0.437 e. The molecule has 0 radical (unpaired) electrons. The second-order valence-corrected chi connectivity index (χ2v) is 27.4. The third-order valence-corrected chi connectivity index (χ3v) is 21.9. The van der Waals surface area contributed by atoms with Gasteiger partial charge in [-0.25, -0.2) is 0 Å². The first-order valence-corrected chi connectivity index (χ1v) is 24.5. The van der Waals surface area contributed by atoms with Crippen molar-refractivity contribution in [3.8, 4) is 0 Å². The fraction of sp³-hybridized carbons (Fsp3) is 0.733. The number of hydrogen-bond acceptors (Lipinski definition) is 8. The van der Waals surface area contributed by atoms with Crippen LogP contribution >= 0.6 is 0 Å². The summed E-state index contributed by atoms with van der Waals surface area (Å²) >= 11 is 0. The van der Waals surface area contributed by atoms with Gasteiger partial charge in [-0.1, -0.05) is 23.3 Å². The molecule has 4 fully saturated rings. The SMILES string of the molecule is C[Si](C)(CCCC1=CC2CC1C1C(=O)OC(=O)C21)O[Si](C)(C)O[Si](C)(C)CCCC1=CC2CC1C1C(=O)OC(=O)C21. The van der Waals surface area contributed by atoms with Crippen LogP contribution in [-0.2, 0) is 36.9 Å². The molecule has 0 N–H and O–H groups in total. The van der Waals surface area contributed by atoms with Crippen molar-refractivity contribution in [1.29, 1.82) is 0 Å². The predicted octanol–water partition coefficient (Wildman–Crippen LogP) is 5.48. The number of hydrogen-bond donors (Lipinski definition) is 0. The fourth-order valence-electron chi connectivity index (χ4n) is 9.27. The summed E-state index contributed by atoms with van der Waals surface area (Å²) in [5, 5.41) is 0. The van der Waals surface area contributed by atoms with Crippen LogP contribution in [0.5, 0.6) is 0 Å². The molecular weight excluding hydrogens is 573 g/mol. The summed E-state index contributed by atoms with van der Waals surface area (Å²) in [7, 11) is -6.26. The van der Waals surface area contributed by atoms with Crippen LogP contribution in [0, 0.1) is 47.3 Å². The van der Waals surface area contributed by atoms with Gasteiger partial charge in [0.15, 0.2) is 16.6 Å². The molecule has 6 rings (SSSR count). The van der Waals surface area contributed by atoms with Crippen LogP contribution in [-0.4, -0.2) is 49.1 Å². The highest BCUT2D eigenvalue weighted by molar-refractivity contribution is 6.87. The zero-order valence-corrected chi connectivity index (χ0v) is 28.2. The molecule has 2 heterocycles. The van der Waals surface area contributed by atoms with E-state index in [1.165, 1.54) is 11.1 Å². The van der Waals surface area contributed by atoms with Gasteiger partial charge >= 0.3 is 32.4 Å². The lowest BCUT2D eigenvalue weighted by molar-refractivity contribution is -0.156. The molecule has 2 saturated carbocycles. The summed E-state index contributed by atoms with van der Waals surface area (Å²) in [6, 6.07) is 2.07. The maximum absolute atomic E-state index is 12.2. The quantitative estimate of drug-likeness (QED) is 0.123. The Morgan fingerprint density at radius 3 is 1.39 bits per heavy atom. The van der Waals surface area contributed by atoms with Gasteiger partial charge in [0.05, 0.1) is 23.7 Å². The molecule has 41 heavy (non-hydrogen) atoms. The smallest absolute Gasteiger partial charge is 0.318 e. The number of ether oxygens (including phenoxy) is 2. The van der Waals surface area contributed by atoms with Crippen molar-refractivity contribution >= 4 is 49.1 Å². The highest BCUT2D eigenvalue weighted by Crippen LogP contribution is 2.57. The van der Waals surface area contributed by atoms with E-state index in [0.29, 0.717) is 0 Å². The van der Waals surface area contributed by atoms with E-state index in [9.17, 15) is 19.2 Å². The lowest BCUT2D eigenvalue weighted by atomic mass is 9.80. The second kappa shape index (κ2) is 10.2. The van der Waals surface area contributed by atoms with Crippen LogP contribution in [0.25, 0.3) is 0 Å². The zero-order chi connectivity index (χ0) is 29.5. The molecule has 2 saturated heterocycles. The van der Waals surface area contributed by atoms with E-state index < -0.39 is 25.2 Å². The van der Waals surface area contributed by atoms with Gasteiger partial charge in [0.25, 0.3) is 0 Å². The Balaban J connectivity index is 0.951. The van der Waals surface area contributed by atoms with Crippen LogP contribution in [0.4, 0.5) is 0 Å². The summed E-state index contributed by atoms with van der Waals surface area (Å²) in [5.74, 6) is -1.54. The molecule has 2 aliphatic heterocycles. The Morgan fingerprint density at radius 1 is 0.634 bits per heavy atom. The van der Waals surface area contributed by atoms with Gasteiger partial charge in [0.1, 0.15) is 0 Å². The summed E-state index contributed by atoms with van der Waals surface area (Å²) in [4.78, 5) is 48.5. The first kappa shape index (κ1) is 29.4. The van der Waals surface area contributed by atoms with Gasteiger partial charge in [-0.2, -0.15) is 0 Å². The van der Waals surface area contributed by atoms with Crippen LogP contribution in [0.1, 0.15) is 38.5 Å². The summed E-state index contributed by atoms with van der Waals surface area (Å²) in [6.07, 6.45) is 10.3. The number of cyclic esters (lactones) is 4. The standard InChI is InChI=1S/C30H44O8Si3/c1-39(2,11-7-9-17-13-19-15-21(17)25-23(19)27(31)35-29(25)33)37-41(5,6)38-40(3,4)12-8-10-18-14-20-16-22(18)26-24(20)28(32)36-30(26)34/h13-14,19-26H,7-12,15-16H2,1-6H3. The lowest BCUT2D eigenvalue weighted by Gasteiger charge is -2.39. The van der Waals surface area contributed by atoms with Crippen molar-refractivity contribution < 1.29 is 36.9 Å². The Labute approximate surface area is 246 Å². The van der Waals surface area contributed by atoms with Gasteiger partial charge in [-0.05, 0) is 114 Å². The molecule has 4 bridgehead atoms. The molecule has 0 aromatic rings. The van der Waals surface area contributed by atoms with Gasteiger partial charge in [-0.3, -0.25) is 19.2 Å². The molecule has 224 valence electrons. The first-order valence-electron chi connectivity index (χ1n) is 15.5. The van der Waals surface area contributed by atoms with E-state index in [-0.39, 0.29) is 71.2 Å². The van der Waals surface area contributed by atoms with Gasteiger partial charge in [-0.15, -0.1) is 0 Å². The molecule has 11 heteroatoms. The minimum atomic E-state index is -2.34. The van der Waals surface area contributed by atoms with Gasteiger partial charge in [0.2, 0.25) is 0 Å². The van der Waals surface area contributed by atoms with E-state index in [1.54, 1.807) is 0 Å². The van der Waals surface area contributed by atoms with Crippen molar-refractivity contribution in [1.82, 2.24) is 0 Å². The third kappa shape index (κ3) is 5.45. The van der Waals surface area contributed by atoms with E-state index in [1.807, 2.05) is 0 Å². The van der Waals surface area contributed by atoms with Crippen molar-refractivity contribution in [2.45, 2.75) is 89.9 Å². The molecule has 8 atom stereocenters. The fourth-order valence-corrected chi connectivity index (χ4v) is 23.3. The van der Waals surface area contributed by atoms with Crippen LogP contribution < -0.4 is 0 Å². The minimum absolute atomic E-state index is 0.174. The van der Waals surface area contributed by atoms with E-state index in [4.69, 9.17) is 17.7 Å². The summed E-state index contributed by atoms with van der Waals surface area (Å²) in [6.45, 7) is 13.5. The van der Waals surface area contributed by atoms with Crippen molar-refractivity contribution in [2.75, 3.05) is 0 Å². The molecule has 8 unspecified atom stereocenters. The maximum Gasteiger partial charge on any atom is 0.318 e. The predicted molar refractivity (Wildman–Crippen MR) is 158 cm³/mol. The first-order chi connectivity index (χ1) is 19.1. The molecule has 0 aromatic heterocycles. The Kier molecular flexibility index (Phi) is 7.32. The Morgan fingerprint density at radius 2 is 1.00 bits per heavy atom. The monoisotopic (exact) mass is 616 g/mol. The average molecular weight is 617 g/mol. The van der Waals surface area contributed by atoms with Gasteiger partial charge < -0.3 is 17.7 Å². The average Bonchev–Trinajstić information content (AvgIpc) is 3.64. The normalized spacial score (nSPS) is 35.6. The van der Waals surface area contributed by atoms with E-state index in [2.05, 4.69) is 51.4 Å². The van der Waals surface area contributed by atoms with Crippen LogP contribution in [0.15, 0.2) is 23.3 Å². The Bertz CT molecular complexity index is 1140. The van der Waals surface area contributed by atoms with E-state index >= 15 is 0 Å². The van der Waals surface area contributed by atoms with E-state index in [0.717, 1.165) is 50.6 Å². The topological polar surface area (TPSA) is 105 Å². The number of allylic oxidation sites excluding steroid dienone is 4. The second-order valence-electron chi connectivity index (χ2n) is 14.9. The van der Waals surface area contributed by atoms with Crippen molar-refractivity contribution in [2.24, 2.45) is 47.3 Å². The highest BCUT2D eigenvalue weighted by atomic mass is 28.5. The Hall–Kier alpha value is -1.67. The number of fused-ring (bicyclic) bond motifs is 10. The van der Waals surface area contributed by atoms with Gasteiger partial charge in [0, 0.05) is 0 Å². The molecule has 4 aliphatic carbocycles. The summed E-state index contributed by atoms with van der Waals surface area (Å²) in [5.41, 5.74) is 2.68. The maximum atomic E-state index is 12.2. The van der Waals surface area contributed by atoms with Crippen LogP contribution in [0.2, 0.25) is 51.4 Å². The molecule has 0 spiro atoms. The largest absolute Gasteiger partial charge is 0.437 e. The molecule has 0 aromatic carbocycles. The molecule has 8 nitrogen and oxygen atoms in total. The van der Waals surface area contributed by atoms with Crippen molar-refractivity contribution in [3.05, 3.63) is 23.3 Å². The number of carbonyl (C=O) groups excluding carboxylic acids is 4. The molecule has 6 aliphatic rings. The zero-order valence-electron chi connectivity index (χ0n) is 25.2. The third-order valence-electron chi connectivity index (χ3n) is 10.4. The summed E-state index contributed by atoms with van der Waals surface area (Å²) < 4.78 is 23.5.